The van der Waals surface area contributed by atoms with Gasteiger partial charge in [0.15, 0.2) is 0 Å². The van der Waals surface area contributed by atoms with Gasteiger partial charge in [-0.05, 0) is 43.0 Å². The number of esters is 2. The molecule has 0 fully saturated rings. The fraction of sp³-hybridized carbons (Fsp3) is 0.316. The molecule has 2 aromatic rings. The summed E-state index contributed by atoms with van der Waals surface area (Å²) in [5.74, 6) is -1.28. The van der Waals surface area contributed by atoms with Crippen LogP contribution >= 0.6 is 11.6 Å². The molecule has 1 heterocycles. The van der Waals surface area contributed by atoms with E-state index in [1.165, 1.54) is 14.2 Å². The highest BCUT2D eigenvalue weighted by Crippen LogP contribution is 2.39. The van der Waals surface area contributed by atoms with Gasteiger partial charge in [-0.2, -0.15) is 0 Å². The molecule has 0 saturated carbocycles. The number of aromatic nitrogens is 1. The number of pyridine rings is 1. The monoisotopic (exact) mass is 359 g/mol. The molecule has 25 heavy (non-hydrogen) atoms. The molecule has 0 N–H and O–H groups in total. The van der Waals surface area contributed by atoms with Crippen LogP contribution in [0.3, 0.4) is 0 Å². The Morgan fingerprint density at radius 1 is 1.04 bits per heavy atom. The maximum atomic E-state index is 12.6. The van der Waals surface area contributed by atoms with Crippen molar-refractivity contribution in [2.75, 3.05) is 14.2 Å². The highest BCUT2D eigenvalue weighted by atomic mass is 35.5. The van der Waals surface area contributed by atoms with E-state index in [-0.39, 0.29) is 0 Å². The minimum Gasteiger partial charge on any atom is -0.468 e. The summed E-state index contributed by atoms with van der Waals surface area (Å²) < 4.78 is 9.87. The molecule has 1 aromatic heterocycles. The Morgan fingerprint density at radius 2 is 1.68 bits per heavy atom. The van der Waals surface area contributed by atoms with Crippen molar-refractivity contribution in [3.63, 3.8) is 0 Å². The van der Waals surface area contributed by atoms with Crippen LogP contribution in [0.4, 0.5) is 0 Å². The lowest BCUT2D eigenvalue weighted by atomic mass is 9.72. The molecule has 1 aliphatic rings. The zero-order valence-electron chi connectivity index (χ0n) is 14.0. The van der Waals surface area contributed by atoms with Crippen molar-refractivity contribution in [2.45, 2.75) is 24.7 Å². The summed E-state index contributed by atoms with van der Waals surface area (Å²) in [6.07, 6.45) is 1.74. The van der Waals surface area contributed by atoms with Crippen LogP contribution in [0, 0.1) is 0 Å². The predicted octanol–water partition coefficient (Wildman–Crippen LogP) is 3.32. The number of aryl methyl sites for hydroxylation is 1. The van der Waals surface area contributed by atoms with Gasteiger partial charge < -0.3 is 9.47 Å². The van der Waals surface area contributed by atoms with Crippen LogP contribution in [0.5, 0.6) is 0 Å². The molecule has 0 aliphatic heterocycles. The molecule has 0 saturated heterocycles. The molecule has 0 spiro atoms. The number of halogens is 1. The second kappa shape index (κ2) is 6.84. The number of hydrogen-bond donors (Lipinski definition) is 0. The smallest absolute Gasteiger partial charge is 0.329 e. The van der Waals surface area contributed by atoms with Crippen molar-refractivity contribution in [1.29, 1.82) is 0 Å². The van der Waals surface area contributed by atoms with Crippen LogP contribution in [0.15, 0.2) is 36.4 Å². The molecule has 1 aliphatic carbocycles. The number of rotatable bonds is 3. The van der Waals surface area contributed by atoms with E-state index in [2.05, 4.69) is 4.98 Å². The van der Waals surface area contributed by atoms with Crippen LogP contribution < -0.4 is 0 Å². The number of fused-ring (bicyclic) bond motifs is 1. The van der Waals surface area contributed by atoms with Crippen LogP contribution in [-0.4, -0.2) is 31.1 Å². The summed E-state index contributed by atoms with van der Waals surface area (Å²) in [6, 6.07) is 11.0. The Kier molecular flexibility index (Phi) is 4.77. The zero-order chi connectivity index (χ0) is 18.0. The molecule has 1 aromatic carbocycles. The van der Waals surface area contributed by atoms with Gasteiger partial charge in [-0.1, -0.05) is 29.8 Å². The average Bonchev–Trinajstić information content (AvgIpc) is 2.66. The second-order valence-corrected chi connectivity index (χ2v) is 6.39. The Bertz CT molecular complexity index is 801. The molecule has 0 unspecified atom stereocenters. The van der Waals surface area contributed by atoms with E-state index >= 15 is 0 Å². The maximum absolute atomic E-state index is 12.6. The third-order valence-corrected chi connectivity index (χ3v) is 4.84. The Morgan fingerprint density at radius 3 is 2.28 bits per heavy atom. The highest BCUT2D eigenvalue weighted by molar-refractivity contribution is 6.30. The van der Waals surface area contributed by atoms with Gasteiger partial charge in [0.1, 0.15) is 0 Å². The lowest BCUT2D eigenvalue weighted by molar-refractivity contribution is -0.163. The van der Waals surface area contributed by atoms with Crippen molar-refractivity contribution < 1.29 is 19.1 Å². The molecule has 0 atom stereocenters. The van der Waals surface area contributed by atoms with Gasteiger partial charge in [0, 0.05) is 10.6 Å². The highest BCUT2D eigenvalue weighted by Gasteiger charge is 2.53. The quantitative estimate of drug-likeness (QED) is 0.621. The van der Waals surface area contributed by atoms with E-state index in [4.69, 9.17) is 21.1 Å². The number of nitrogens with zero attached hydrogens (tertiary/aromatic N) is 1. The lowest BCUT2D eigenvalue weighted by Crippen LogP contribution is -2.48. The SMILES string of the molecule is COC(=O)C1(C(=O)OC)CCCc2ccc(-c3ccc(Cl)cc3)nc21. The van der Waals surface area contributed by atoms with Gasteiger partial charge in [0.05, 0.1) is 25.6 Å². The summed E-state index contributed by atoms with van der Waals surface area (Å²) in [5.41, 5.74) is 1.28. The van der Waals surface area contributed by atoms with Crippen LogP contribution in [0.1, 0.15) is 24.1 Å². The van der Waals surface area contributed by atoms with E-state index in [0.29, 0.717) is 29.3 Å². The van der Waals surface area contributed by atoms with Gasteiger partial charge in [0.2, 0.25) is 5.41 Å². The van der Waals surface area contributed by atoms with Crippen molar-refractivity contribution >= 4 is 23.5 Å². The maximum Gasteiger partial charge on any atom is 0.329 e. The molecule has 130 valence electrons. The van der Waals surface area contributed by atoms with Crippen molar-refractivity contribution in [2.24, 2.45) is 0 Å². The fourth-order valence-corrected chi connectivity index (χ4v) is 3.46. The number of ether oxygens (including phenoxy) is 2. The Labute approximate surface area is 150 Å². The van der Waals surface area contributed by atoms with Gasteiger partial charge in [0.25, 0.3) is 0 Å². The summed E-state index contributed by atoms with van der Waals surface area (Å²) in [5, 5.41) is 0.625. The van der Waals surface area contributed by atoms with Crippen molar-refractivity contribution in [1.82, 2.24) is 4.98 Å². The largest absolute Gasteiger partial charge is 0.468 e. The molecule has 0 bridgehead atoms. The molecule has 0 radical (unpaired) electrons. The van der Waals surface area contributed by atoms with Crippen LogP contribution in [-0.2, 0) is 30.9 Å². The predicted molar refractivity (Wildman–Crippen MR) is 93.3 cm³/mol. The average molecular weight is 360 g/mol. The Balaban J connectivity index is 2.19. The van der Waals surface area contributed by atoms with E-state index in [1.54, 1.807) is 12.1 Å². The third kappa shape index (κ3) is 2.89. The summed E-state index contributed by atoms with van der Waals surface area (Å²) in [7, 11) is 2.54. The summed E-state index contributed by atoms with van der Waals surface area (Å²) >= 11 is 5.94. The number of hydrogen-bond acceptors (Lipinski definition) is 5. The van der Waals surface area contributed by atoms with Gasteiger partial charge in [-0.3, -0.25) is 14.6 Å². The van der Waals surface area contributed by atoms with Crippen LogP contribution in [0.2, 0.25) is 5.02 Å². The fourth-order valence-electron chi connectivity index (χ4n) is 3.33. The molecular formula is C19H18ClNO4. The molecular weight excluding hydrogens is 342 g/mol. The number of benzene rings is 1. The first kappa shape index (κ1) is 17.4. The second-order valence-electron chi connectivity index (χ2n) is 5.95. The Hall–Kier alpha value is -2.40. The van der Waals surface area contributed by atoms with Gasteiger partial charge in [-0.25, -0.2) is 0 Å². The standard InChI is InChI=1S/C19H18ClNO4/c1-24-17(22)19(18(23)25-2)11-3-4-13-7-10-15(21-16(13)19)12-5-8-14(20)9-6-12/h5-10H,3-4,11H2,1-2H3. The normalized spacial score (nSPS) is 15.2. The minimum atomic E-state index is -1.51. The summed E-state index contributed by atoms with van der Waals surface area (Å²) in [4.78, 5) is 29.8. The van der Waals surface area contributed by atoms with Gasteiger partial charge >= 0.3 is 11.9 Å². The number of carbonyl (C=O) groups is 2. The van der Waals surface area contributed by atoms with Crippen LogP contribution in [0.25, 0.3) is 11.3 Å². The van der Waals surface area contributed by atoms with Crippen molar-refractivity contribution in [3.8, 4) is 11.3 Å². The van der Waals surface area contributed by atoms with E-state index in [0.717, 1.165) is 17.5 Å². The first-order chi connectivity index (χ1) is 12.0. The lowest BCUT2D eigenvalue weighted by Gasteiger charge is -2.33. The van der Waals surface area contributed by atoms with Crippen molar-refractivity contribution in [3.05, 3.63) is 52.7 Å². The first-order valence-electron chi connectivity index (χ1n) is 7.96. The minimum absolute atomic E-state index is 0.316. The first-order valence-corrected chi connectivity index (χ1v) is 8.34. The third-order valence-electron chi connectivity index (χ3n) is 4.59. The topological polar surface area (TPSA) is 65.5 Å². The number of methoxy groups -OCH3 is 2. The number of carbonyl (C=O) groups excluding carboxylic acids is 2. The summed E-state index contributed by atoms with van der Waals surface area (Å²) in [6.45, 7) is 0. The van der Waals surface area contributed by atoms with E-state index < -0.39 is 17.4 Å². The molecule has 5 nitrogen and oxygen atoms in total. The van der Waals surface area contributed by atoms with E-state index in [1.807, 2.05) is 24.3 Å². The molecule has 3 rings (SSSR count). The molecule has 6 heteroatoms. The zero-order valence-corrected chi connectivity index (χ0v) is 14.8. The molecule has 0 amide bonds. The van der Waals surface area contributed by atoms with E-state index in [9.17, 15) is 9.59 Å². The van der Waals surface area contributed by atoms with Gasteiger partial charge in [-0.15, -0.1) is 0 Å².